The summed E-state index contributed by atoms with van der Waals surface area (Å²) in [5, 5.41) is 3.22. The van der Waals surface area contributed by atoms with Crippen LogP contribution < -0.4 is 15.0 Å². The number of hydrogen-bond acceptors (Lipinski definition) is 3. The minimum absolute atomic E-state index is 0.0650. The molecule has 5 heteroatoms. The maximum atomic E-state index is 12.3. The summed E-state index contributed by atoms with van der Waals surface area (Å²) in [4.78, 5) is 14.2. The molecule has 4 nitrogen and oxygen atoms in total. The van der Waals surface area contributed by atoms with Crippen LogP contribution in [0.25, 0.3) is 0 Å². The highest BCUT2D eigenvalue weighted by Crippen LogP contribution is 2.27. The minimum Gasteiger partial charge on any atom is -0.484 e. The van der Waals surface area contributed by atoms with Crippen molar-refractivity contribution < 1.29 is 9.53 Å². The van der Waals surface area contributed by atoms with Gasteiger partial charge in [-0.05, 0) is 59.8 Å². The van der Waals surface area contributed by atoms with E-state index in [0.29, 0.717) is 10.9 Å². The summed E-state index contributed by atoms with van der Waals surface area (Å²) in [6, 6.07) is 16.0. The molecule has 1 heterocycles. The third kappa shape index (κ3) is 4.86. The molecule has 1 aliphatic heterocycles. The molecule has 0 saturated heterocycles. The molecule has 0 unspecified atom stereocenters. The lowest BCUT2D eigenvalue weighted by Crippen LogP contribution is -2.46. The number of thiocarbonyl (C=S) groups is 1. The summed E-state index contributed by atoms with van der Waals surface area (Å²) in [6.45, 7) is 7.23. The molecule has 1 amide bonds. The summed E-state index contributed by atoms with van der Waals surface area (Å²) in [5.74, 6) is 0.426. The Morgan fingerprint density at radius 2 is 1.85 bits per heavy atom. The van der Waals surface area contributed by atoms with E-state index in [1.807, 2.05) is 47.4 Å². The highest BCUT2D eigenvalue weighted by molar-refractivity contribution is 7.80. The summed E-state index contributed by atoms with van der Waals surface area (Å²) >= 11 is 5.45. The number of amides is 1. The quantitative estimate of drug-likeness (QED) is 0.807. The van der Waals surface area contributed by atoms with Gasteiger partial charge < -0.3 is 9.64 Å². The monoisotopic (exact) mass is 382 g/mol. The number of carbonyl (C=O) groups excluding carboxylic acids is 1. The number of ether oxygens (including phenoxy) is 1. The lowest BCUT2D eigenvalue weighted by Gasteiger charge is -2.31. The van der Waals surface area contributed by atoms with Gasteiger partial charge >= 0.3 is 0 Å². The first kappa shape index (κ1) is 19.4. The zero-order valence-electron chi connectivity index (χ0n) is 16.1. The van der Waals surface area contributed by atoms with E-state index in [2.05, 4.69) is 32.2 Å². The number of carbonyl (C=O) groups is 1. The topological polar surface area (TPSA) is 41.6 Å². The fourth-order valence-electron chi connectivity index (χ4n) is 3.17. The van der Waals surface area contributed by atoms with E-state index < -0.39 is 0 Å². The maximum absolute atomic E-state index is 12.3. The van der Waals surface area contributed by atoms with Gasteiger partial charge in [-0.1, -0.05) is 51.1 Å². The van der Waals surface area contributed by atoms with Gasteiger partial charge in [0.05, 0.1) is 0 Å². The Bertz CT molecular complexity index is 825. The van der Waals surface area contributed by atoms with Crippen LogP contribution in [-0.4, -0.2) is 24.2 Å². The van der Waals surface area contributed by atoms with Crippen molar-refractivity contribution in [1.29, 1.82) is 0 Å². The number of hydrogen-bond donors (Lipinski definition) is 1. The van der Waals surface area contributed by atoms with E-state index in [0.717, 1.165) is 25.1 Å². The van der Waals surface area contributed by atoms with Crippen molar-refractivity contribution in [2.75, 3.05) is 18.1 Å². The first-order valence-electron chi connectivity index (χ1n) is 9.27. The Kier molecular flexibility index (Phi) is 5.80. The molecule has 0 saturated carbocycles. The summed E-state index contributed by atoms with van der Waals surface area (Å²) in [6.07, 6.45) is 2.06. The van der Waals surface area contributed by atoms with Crippen molar-refractivity contribution >= 4 is 28.9 Å². The lowest BCUT2D eigenvalue weighted by atomic mass is 9.87. The van der Waals surface area contributed by atoms with Crippen LogP contribution in [0, 0.1) is 0 Å². The molecule has 0 radical (unpaired) electrons. The molecular formula is C22H26N2O2S. The molecule has 0 bridgehead atoms. The van der Waals surface area contributed by atoms with Crippen LogP contribution in [0.15, 0.2) is 48.5 Å². The molecule has 2 aromatic carbocycles. The first-order valence-corrected chi connectivity index (χ1v) is 9.68. The second-order valence-corrected chi connectivity index (χ2v) is 8.19. The van der Waals surface area contributed by atoms with Gasteiger partial charge in [0.25, 0.3) is 5.91 Å². The minimum atomic E-state index is -0.247. The molecular weight excluding hydrogens is 356 g/mol. The molecule has 0 fully saturated rings. The SMILES string of the molecule is CC(C)(C)c1ccc(OCC(=O)NC(=S)N2CCCc3ccccc32)cc1. The number of para-hydroxylation sites is 1. The van der Waals surface area contributed by atoms with E-state index in [1.54, 1.807) is 0 Å². The number of rotatable bonds is 3. The molecule has 0 aliphatic carbocycles. The highest BCUT2D eigenvalue weighted by Gasteiger charge is 2.21. The second-order valence-electron chi connectivity index (χ2n) is 7.80. The highest BCUT2D eigenvalue weighted by atomic mass is 32.1. The van der Waals surface area contributed by atoms with Crippen LogP contribution >= 0.6 is 12.2 Å². The Morgan fingerprint density at radius 3 is 2.56 bits per heavy atom. The van der Waals surface area contributed by atoms with Crippen LogP contribution in [0.4, 0.5) is 5.69 Å². The fourth-order valence-corrected chi connectivity index (χ4v) is 3.47. The maximum Gasteiger partial charge on any atom is 0.264 e. The third-order valence-electron chi connectivity index (χ3n) is 4.69. The van der Waals surface area contributed by atoms with Crippen molar-refractivity contribution in [3.05, 3.63) is 59.7 Å². The fraction of sp³-hybridized carbons (Fsp3) is 0.364. The lowest BCUT2D eigenvalue weighted by molar-refractivity contribution is -0.121. The van der Waals surface area contributed by atoms with Gasteiger partial charge in [0.15, 0.2) is 11.7 Å². The predicted molar refractivity (Wildman–Crippen MR) is 113 cm³/mol. The van der Waals surface area contributed by atoms with Crippen molar-refractivity contribution in [1.82, 2.24) is 5.32 Å². The molecule has 1 aliphatic rings. The molecule has 142 valence electrons. The first-order chi connectivity index (χ1) is 12.8. The van der Waals surface area contributed by atoms with Gasteiger partial charge in [-0.15, -0.1) is 0 Å². The van der Waals surface area contributed by atoms with E-state index in [9.17, 15) is 4.79 Å². The Balaban J connectivity index is 1.55. The van der Waals surface area contributed by atoms with Crippen molar-refractivity contribution in [3.63, 3.8) is 0 Å². The number of benzene rings is 2. The number of fused-ring (bicyclic) bond motifs is 1. The van der Waals surface area contributed by atoms with Crippen molar-refractivity contribution in [2.24, 2.45) is 0 Å². The predicted octanol–water partition coefficient (Wildman–Crippen LogP) is 4.22. The van der Waals surface area contributed by atoms with Gasteiger partial charge in [0.1, 0.15) is 5.75 Å². The third-order valence-corrected chi connectivity index (χ3v) is 5.01. The zero-order chi connectivity index (χ0) is 19.4. The molecule has 0 spiro atoms. The standard InChI is InChI=1S/C22H26N2O2S/c1-22(2,3)17-10-12-18(13-11-17)26-15-20(25)23-21(27)24-14-6-8-16-7-4-5-9-19(16)24/h4-5,7,9-13H,6,8,14-15H2,1-3H3,(H,23,25,27). The van der Waals surface area contributed by atoms with Crippen LogP contribution in [0.2, 0.25) is 0 Å². The number of nitrogens with zero attached hydrogens (tertiary/aromatic N) is 1. The van der Waals surface area contributed by atoms with Crippen molar-refractivity contribution in [2.45, 2.75) is 39.0 Å². The number of anilines is 1. The second kappa shape index (κ2) is 8.09. The molecule has 0 atom stereocenters. The van der Waals surface area contributed by atoms with E-state index in [4.69, 9.17) is 17.0 Å². The molecule has 2 aromatic rings. The molecule has 3 rings (SSSR count). The average molecular weight is 383 g/mol. The summed E-state index contributed by atoms with van der Waals surface area (Å²) < 4.78 is 5.60. The molecule has 27 heavy (non-hydrogen) atoms. The van der Waals surface area contributed by atoms with Crippen LogP contribution in [0.1, 0.15) is 38.3 Å². The smallest absolute Gasteiger partial charge is 0.264 e. The number of aryl methyl sites for hydroxylation is 1. The number of nitrogens with one attached hydrogen (secondary N) is 1. The summed E-state index contributed by atoms with van der Waals surface area (Å²) in [5.41, 5.74) is 3.65. The molecule has 0 aromatic heterocycles. The average Bonchev–Trinajstić information content (AvgIpc) is 2.65. The van der Waals surface area contributed by atoms with Crippen LogP contribution in [-0.2, 0) is 16.6 Å². The largest absolute Gasteiger partial charge is 0.484 e. The summed E-state index contributed by atoms with van der Waals surface area (Å²) in [7, 11) is 0. The van der Waals surface area contributed by atoms with Crippen molar-refractivity contribution in [3.8, 4) is 5.75 Å². The van der Waals surface area contributed by atoms with Gasteiger partial charge in [0, 0.05) is 12.2 Å². The molecule has 1 N–H and O–H groups in total. The van der Waals surface area contributed by atoms with Crippen LogP contribution in [0.3, 0.4) is 0 Å². The Labute approximate surface area is 166 Å². The van der Waals surface area contributed by atoms with E-state index in [-0.39, 0.29) is 17.9 Å². The Morgan fingerprint density at radius 1 is 1.15 bits per heavy atom. The van der Waals surface area contributed by atoms with E-state index >= 15 is 0 Å². The van der Waals surface area contributed by atoms with Gasteiger partial charge in [-0.2, -0.15) is 0 Å². The zero-order valence-corrected chi connectivity index (χ0v) is 16.9. The van der Waals surface area contributed by atoms with E-state index in [1.165, 1.54) is 11.1 Å². The Hall–Kier alpha value is -2.40. The normalized spacial score (nSPS) is 13.7. The van der Waals surface area contributed by atoms with Gasteiger partial charge in [0.2, 0.25) is 0 Å². The van der Waals surface area contributed by atoms with Crippen LogP contribution in [0.5, 0.6) is 5.75 Å². The van der Waals surface area contributed by atoms with Gasteiger partial charge in [-0.25, -0.2) is 0 Å². The van der Waals surface area contributed by atoms with Gasteiger partial charge in [-0.3, -0.25) is 10.1 Å².